The minimum absolute atomic E-state index is 0.00756. The molecule has 0 spiro atoms. The number of amides is 2. The summed E-state index contributed by atoms with van der Waals surface area (Å²) in [7, 11) is 1.47. The highest BCUT2D eigenvalue weighted by Gasteiger charge is 2.64. The van der Waals surface area contributed by atoms with Gasteiger partial charge in [-0.15, -0.1) is 0 Å². The summed E-state index contributed by atoms with van der Waals surface area (Å²) in [6.45, 7) is 6.16. The number of carbonyl (C=O) groups excluding carboxylic acids is 2. The zero-order valence-electron chi connectivity index (χ0n) is 18.9. The second-order valence-corrected chi connectivity index (χ2v) is 9.09. The maximum atomic E-state index is 13.4. The molecule has 3 atom stereocenters. The van der Waals surface area contributed by atoms with Crippen LogP contribution < -0.4 is 15.5 Å². The third kappa shape index (κ3) is 4.75. The lowest BCUT2D eigenvalue weighted by atomic mass is 10.1. The van der Waals surface area contributed by atoms with Crippen LogP contribution >= 0.6 is 11.6 Å². The molecule has 3 fully saturated rings. The van der Waals surface area contributed by atoms with Crippen molar-refractivity contribution in [2.75, 3.05) is 30.4 Å². The SMILES string of the molecule is C=N/C(C(=O)NC)=C(Cl)\C=C(/C)Nc1nccc(N2C[C@H]3CC[C@@H](C2)N3C(=O)[C@@H]2CC2(F)F)n1. The van der Waals surface area contributed by atoms with Crippen molar-refractivity contribution in [3.8, 4) is 0 Å². The number of halogens is 3. The molecule has 0 radical (unpaired) electrons. The van der Waals surface area contributed by atoms with E-state index in [2.05, 4.69) is 37.2 Å². The van der Waals surface area contributed by atoms with Gasteiger partial charge < -0.3 is 20.4 Å². The number of fused-ring (bicyclic) bond motifs is 2. The van der Waals surface area contributed by atoms with Gasteiger partial charge in [0.05, 0.1) is 5.03 Å². The number of aliphatic imine (C=N–C) groups is 1. The van der Waals surface area contributed by atoms with E-state index >= 15 is 0 Å². The first-order chi connectivity index (χ1) is 16.1. The minimum atomic E-state index is -2.85. The first kappa shape index (κ1) is 24.1. The molecule has 4 rings (SSSR count). The van der Waals surface area contributed by atoms with E-state index in [1.165, 1.54) is 13.1 Å². The molecule has 1 aromatic heterocycles. The summed E-state index contributed by atoms with van der Waals surface area (Å²) < 4.78 is 26.9. The standard InChI is InChI=1S/C22H26ClF2N7O2/c1-12(8-16(23)18(26-2)19(33)27-3)29-21-28-7-6-17(30-21)31-10-13-4-5-14(11-31)32(13)20(34)15-9-22(15,24)25/h6-8,13-15H,2,4-5,9-11H2,1,3H3,(H,27,33)(H,28,29,30)/b12-8+,18-16+/t13-,14+,15-/m0/s1. The van der Waals surface area contributed by atoms with Gasteiger partial charge in [0.25, 0.3) is 11.8 Å². The fraction of sp³-hybridized carbons (Fsp3) is 0.500. The van der Waals surface area contributed by atoms with Crippen LogP contribution in [0.4, 0.5) is 20.5 Å². The van der Waals surface area contributed by atoms with Crippen molar-refractivity contribution >= 4 is 41.9 Å². The molecule has 182 valence electrons. The summed E-state index contributed by atoms with van der Waals surface area (Å²) in [6.07, 6.45) is 4.38. The first-order valence-electron chi connectivity index (χ1n) is 11.0. The van der Waals surface area contributed by atoms with E-state index in [1.807, 2.05) is 0 Å². The van der Waals surface area contributed by atoms with Crippen LogP contribution in [0.25, 0.3) is 0 Å². The van der Waals surface area contributed by atoms with Gasteiger partial charge in [-0.2, -0.15) is 4.98 Å². The average Bonchev–Trinajstić information content (AvgIpc) is 3.36. The molecule has 2 amide bonds. The lowest BCUT2D eigenvalue weighted by Crippen LogP contribution is -2.56. The van der Waals surface area contributed by atoms with Crippen LogP contribution in [0.2, 0.25) is 0 Å². The lowest BCUT2D eigenvalue weighted by Gasteiger charge is -2.41. The Morgan fingerprint density at radius 3 is 2.53 bits per heavy atom. The van der Waals surface area contributed by atoms with Crippen molar-refractivity contribution < 1.29 is 18.4 Å². The predicted octanol–water partition coefficient (Wildman–Crippen LogP) is 2.52. The predicted molar refractivity (Wildman–Crippen MR) is 125 cm³/mol. The van der Waals surface area contributed by atoms with E-state index in [0.717, 1.165) is 12.8 Å². The Bertz CT molecular complexity index is 1060. The van der Waals surface area contributed by atoms with Crippen molar-refractivity contribution in [3.05, 3.63) is 34.8 Å². The molecule has 2 N–H and O–H groups in total. The number of nitrogens with one attached hydrogen (secondary N) is 2. The van der Waals surface area contributed by atoms with Crippen LogP contribution in [0, 0.1) is 5.92 Å². The molecule has 12 heteroatoms. The van der Waals surface area contributed by atoms with Gasteiger partial charge in [-0.1, -0.05) is 11.6 Å². The van der Waals surface area contributed by atoms with Gasteiger partial charge in [-0.05, 0) is 38.6 Å². The molecule has 0 unspecified atom stereocenters. The Balaban J connectivity index is 1.44. The Hall–Kier alpha value is -3.08. The molecule has 34 heavy (non-hydrogen) atoms. The molecular formula is C22H26ClF2N7O2. The van der Waals surface area contributed by atoms with Crippen molar-refractivity contribution in [2.24, 2.45) is 10.9 Å². The third-order valence-electron chi connectivity index (χ3n) is 6.30. The van der Waals surface area contributed by atoms with E-state index in [9.17, 15) is 18.4 Å². The summed E-state index contributed by atoms with van der Waals surface area (Å²) >= 11 is 6.20. The molecule has 1 saturated carbocycles. The highest BCUT2D eigenvalue weighted by molar-refractivity contribution is 6.33. The zero-order valence-corrected chi connectivity index (χ0v) is 19.6. The zero-order chi connectivity index (χ0) is 24.6. The van der Waals surface area contributed by atoms with E-state index in [4.69, 9.17) is 11.6 Å². The molecule has 2 bridgehead atoms. The molecular weight excluding hydrogens is 468 g/mol. The molecule has 0 aromatic carbocycles. The van der Waals surface area contributed by atoms with Gasteiger partial charge in [-0.25, -0.2) is 13.8 Å². The molecule has 2 saturated heterocycles. The smallest absolute Gasteiger partial charge is 0.271 e. The Morgan fingerprint density at radius 1 is 1.32 bits per heavy atom. The fourth-order valence-electron chi connectivity index (χ4n) is 4.54. The number of hydrogen-bond donors (Lipinski definition) is 2. The van der Waals surface area contributed by atoms with Crippen LogP contribution in [0.15, 0.2) is 39.8 Å². The quantitative estimate of drug-likeness (QED) is 0.344. The Morgan fingerprint density at radius 2 is 1.97 bits per heavy atom. The van der Waals surface area contributed by atoms with Gasteiger partial charge in [0.2, 0.25) is 11.9 Å². The maximum absolute atomic E-state index is 13.4. The number of likely N-dealkylation sites (N-methyl/N-ethyl adjacent to an activating group) is 1. The summed E-state index contributed by atoms with van der Waals surface area (Å²) in [5, 5.41) is 5.59. The molecule has 2 aliphatic heterocycles. The number of hydrogen-bond acceptors (Lipinski definition) is 7. The number of rotatable bonds is 7. The topological polar surface area (TPSA) is 103 Å². The van der Waals surface area contributed by atoms with Gasteiger partial charge in [0.15, 0.2) is 0 Å². The number of piperazine rings is 1. The third-order valence-corrected chi connectivity index (χ3v) is 6.59. The van der Waals surface area contributed by atoms with Gasteiger partial charge in [-0.3, -0.25) is 14.6 Å². The van der Waals surface area contributed by atoms with Gasteiger partial charge >= 0.3 is 0 Å². The number of nitrogens with zero attached hydrogens (tertiary/aromatic N) is 5. The van der Waals surface area contributed by atoms with E-state index in [0.29, 0.717) is 30.6 Å². The summed E-state index contributed by atoms with van der Waals surface area (Å²) in [5.41, 5.74) is 0.569. The maximum Gasteiger partial charge on any atom is 0.271 e. The second kappa shape index (κ2) is 9.28. The van der Waals surface area contributed by atoms with Crippen LogP contribution in [0.3, 0.4) is 0 Å². The first-order valence-corrected chi connectivity index (χ1v) is 11.3. The Kier molecular flexibility index (Phi) is 6.57. The number of allylic oxidation sites excluding steroid dienone is 3. The molecule has 1 aromatic rings. The Labute approximate surface area is 201 Å². The number of carbonyl (C=O) groups is 2. The largest absolute Gasteiger partial charge is 0.354 e. The van der Waals surface area contributed by atoms with Crippen molar-refractivity contribution in [3.63, 3.8) is 0 Å². The normalized spacial score (nSPS) is 26.0. The number of alkyl halides is 2. The van der Waals surface area contributed by atoms with Crippen LogP contribution in [0.1, 0.15) is 26.2 Å². The molecule has 3 heterocycles. The van der Waals surface area contributed by atoms with E-state index in [1.54, 1.807) is 24.1 Å². The van der Waals surface area contributed by atoms with Crippen LogP contribution in [0.5, 0.6) is 0 Å². The van der Waals surface area contributed by atoms with Gasteiger partial charge in [0, 0.05) is 50.5 Å². The van der Waals surface area contributed by atoms with Crippen LogP contribution in [-0.2, 0) is 9.59 Å². The monoisotopic (exact) mass is 493 g/mol. The van der Waals surface area contributed by atoms with Crippen molar-refractivity contribution in [1.29, 1.82) is 0 Å². The summed E-state index contributed by atoms with van der Waals surface area (Å²) in [6, 6.07) is 1.57. The molecule has 1 aliphatic carbocycles. The van der Waals surface area contributed by atoms with Gasteiger partial charge in [0.1, 0.15) is 17.4 Å². The molecule has 9 nitrogen and oxygen atoms in total. The van der Waals surface area contributed by atoms with E-state index in [-0.39, 0.29) is 29.2 Å². The molecule has 3 aliphatic rings. The van der Waals surface area contributed by atoms with Crippen molar-refractivity contribution in [1.82, 2.24) is 20.2 Å². The lowest BCUT2D eigenvalue weighted by molar-refractivity contribution is -0.138. The minimum Gasteiger partial charge on any atom is -0.354 e. The highest BCUT2D eigenvalue weighted by atomic mass is 35.5. The second-order valence-electron chi connectivity index (χ2n) is 8.68. The summed E-state index contributed by atoms with van der Waals surface area (Å²) in [5.74, 6) is -3.89. The van der Waals surface area contributed by atoms with Crippen LogP contribution in [-0.4, -0.2) is 71.5 Å². The fourth-order valence-corrected chi connectivity index (χ4v) is 4.85. The average molecular weight is 494 g/mol. The van der Waals surface area contributed by atoms with E-state index < -0.39 is 23.7 Å². The number of anilines is 2. The van der Waals surface area contributed by atoms with Crippen molar-refractivity contribution in [2.45, 2.75) is 44.2 Å². The highest BCUT2D eigenvalue weighted by Crippen LogP contribution is 2.51. The summed E-state index contributed by atoms with van der Waals surface area (Å²) in [4.78, 5) is 40.6. The number of aromatic nitrogens is 2.